The molecule has 0 bridgehead atoms. The first-order chi connectivity index (χ1) is 12.9. The van der Waals surface area contributed by atoms with Gasteiger partial charge in [-0.2, -0.15) is 0 Å². The van der Waals surface area contributed by atoms with Crippen molar-refractivity contribution in [1.82, 2.24) is 14.9 Å². The van der Waals surface area contributed by atoms with Gasteiger partial charge in [0.2, 0.25) is 10.0 Å². The molecule has 1 aliphatic rings. The maximum Gasteiger partial charge on any atom is 0.317 e. The van der Waals surface area contributed by atoms with E-state index in [0.717, 1.165) is 5.56 Å². The first kappa shape index (κ1) is 20.1. The van der Waals surface area contributed by atoms with Crippen molar-refractivity contribution in [2.75, 3.05) is 19.6 Å². The van der Waals surface area contributed by atoms with Gasteiger partial charge in [-0.3, -0.25) is 0 Å². The van der Waals surface area contributed by atoms with Gasteiger partial charge in [0, 0.05) is 30.7 Å². The zero-order valence-electron chi connectivity index (χ0n) is 14.7. The fourth-order valence-electron chi connectivity index (χ4n) is 3.01. The molecule has 0 atom stereocenters. The monoisotopic (exact) mass is 427 g/mol. The molecule has 0 unspecified atom stereocenters. The summed E-state index contributed by atoms with van der Waals surface area (Å²) in [4.78, 5) is 14.0. The van der Waals surface area contributed by atoms with Crippen LogP contribution in [-0.2, 0) is 16.4 Å². The van der Waals surface area contributed by atoms with Crippen molar-refractivity contribution in [3.63, 3.8) is 0 Å². The van der Waals surface area contributed by atoms with E-state index in [1.165, 1.54) is 11.3 Å². The van der Waals surface area contributed by atoms with E-state index in [0.29, 0.717) is 48.1 Å². The van der Waals surface area contributed by atoms with Crippen LogP contribution in [0.5, 0.6) is 0 Å². The fourth-order valence-corrected chi connectivity index (χ4v) is 5.54. The highest BCUT2D eigenvalue weighted by Crippen LogP contribution is 2.19. The van der Waals surface area contributed by atoms with Gasteiger partial charge in [-0.1, -0.05) is 29.8 Å². The number of hydrogen-bond acceptors (Lipinski definition) is 4. The molecule has 27 heavy (non-hydrogen) atoms. The Bertz CT molecular complexity index is 864. The first-order valence-corrected chi connectivity index (χ1v) is 11.5. The molecule has 6 nitrogen and oxygen atoms in total. The molecule has 146 valence electrons. The van der Waals surface area contributed by atoms with Crippen molar-refractivity contribution in [3.05, 3.63) is 52.4 Å². The zero-order chi connectivity index (χ0) is 19.3. The molecule has 0 aliphatic carbocycles. The Morgan fingerprint density at radius 2 is 2.00 bits per heavy atom. The number of amides is 2. The fraction of sp³-hybridized carbons (Fsp3) is 0.389. The van der Waals surface area contributed by atoms with E-state index >= 15 is 0 Å². The molecule has 2 aromatic rings. The highest BCUT2D eigenvalue weighted by atomic mass is 35.5. The summed E-state index contributed by atoms with van der Waals surface area (Å²) in [7, 11) is -3.46. The van der Waals surface area contributed by atoms with Gasteiger partial charge < -0.3 is 10.2 Å². The normalized spacial score (nSPS) is 15.7. The Morgan fingerprint density at radius 1 is 1.22 bits per heavy atom. The minimum atomic E-state index is -3.46. The molecule has 0 saturated carbocycles. The highest BCUT2D eigenvalue weighted by Gasteiger charge is 2.26. The lowest BCUT2D eigenvalue weighted by Gasteiger charge is -2.32. The third-order valence-electron chi connectivity index (χ3n) is 4.44. The van der Waals surface area contributed by atoms with E-state index in [2.05, 4.69) is 10.0 Å². The largest absolute Gasteiger partial charge is 0.338 e. The third kappa shape index (κ3) is 5.68. The van der Waals surface area contributed by atoms with Crippen molar-refractivity contribution in [2.24, 2.45) is 0 Å². The van der Waals surface area contributed by atoms with Crippen LogP contribution in [0, 0.1) is 0 Å². The molecule has 1 aliphatic heterocycles. The van der Waals surface area contributed by atoms with E-state index in [9.17, 15) is 13.2 Å². The van der Waals surface area contributed by atoms with E-state index in [1.807, 2.05) is 24.3 Å². The zero-order valence-corrected chi connectivity index (χ0v) is 17.1. The average molecular weight is 428 g/mol. The Kier molecular flexibility index (Phi) is 6.75. The van der Waals surface area contributed by atoms with Crippen molar-refractivity contribution < 1.29 is 13.2 Å². The van der Waals surface area contributed by atoms with Gasteiger partial charge in [0.15, 0.2) is 0 Å². The quantitative estimate of drug-likeness (QED) is 0.743. The van der Waals surface area contributed by atoms with Crippen LogP contribution in [0.3, 0.4) is 0 Å². The SMILES string of the molecule is O=C(NCCc1cccc(Cl)c1)N1CCC(NS(=O)(=O)c2cccs2)CC1. The lowest BCUT2D eigenvalue weighted by molar-refractivity contribution is 0.180. The minimum Gasteiger partial charge on any atom is -0.338 e. The highest BCUT2D eigenvalue weighted by molar-refractivity contribution is 7.91. The standard InChI is InChI=1S/C18H22ClN3O3S2/c19-15-4-1-3-14(13-15)6-9-20-18(23)22-10-7-16(8-11-22)21-27(24,25)17-5-2-12-26-17/h1-5,12-13,16,21H,6-11H2,(H,20,23). The van der Waals surface area contributed by atoms with Gasteiger partial charge in [0.05, 0.1) is 0 Å². The lowest BCUT2D eigenvalue weighted by Crippen LogP contribution is -2.49. The molecule has 9 heteroatoms. The molecule has 2 amide bonds. The van der Waals surface area contributed by atoms with Crippen molar-refractivity contribution in [1.29, 1.82) is 0 Å². The minimum absolute atomic E-state index is 0.114. The number of nitrogens with one attached hydrogen (secondary N) is 2. The molecular formula is C18H22ClN3O3S2. The number of carbonyl (C=O) groups excluding carboxylic acids is 1. The molecular weight excluding hydrogens is 406 g/mol. The average Bonchev–Trinajstić information content (AvgIpc) is 3.18. The summed E-state index contributed by atoms with van der Waals surface area (Å²) in [5, 5.41) is 5.34. The lowest BCUT2D eigenvalue weighted by atomic mass is 10.1. The van der Waals surface area contributed by atoms with E-state index in [-0.39, 0.29) is 12.1 Å². The summed E-state index contributed by atoms with van der Waals surface area (Å²) in [5.74, 6) is 0. The number of nitrogens with zero attached hydrogens (tertiary/aromatic N) is 1. The number of likely N-dealkylation sites (tertiary alicyclic amines) is 1. The summed E-state index contributed by atoms with van der Waals surface area (Å²) in [6, 6.07) is 10.6. The Labute approximate surface area is 168 Å². The van der Waals surface area contributed by atoms with Crippen molar-refractivity contribution >= 4 is 39.0 Å². The molecule has 2 heterocycles. The molecule has 0 radical (unpaired) electrons. The molecule has 1 fully saturated rings. The van der Waals surface area contributed by atoms with Crippen LogP contribution >= 0.6 is 22.9 Å². The predicted molar refractivity (Wildman–Crippen MR) is 108 cm³/mol. The predicted octanol–water partition coefficient (Wildman–Crippen LogP) is 3.10. The Balaban J connectivity index is 1.41. The third-order valence-corrected chi connectivity index (χ3v) is 7.60. The van der Waals surface area contributed by atoms with Crippen LogP contribution in [0.4, 0.5) is 4.79 Å². The first-order valence-electron chi connectivity index (χ1n) is 8.77. The summed E-state index contributed by atoms with van der Waals surface area (Å²) >= 11 is 7.16. The number of thiophene rings is 1. The summed E-state index contributed by atoms with van der Waals surface area (Å²) < 4.78 is 27.6. The van der Waals surface area contributed by atoms with Gasteiger partial charge in [-0.05, 0) is 48.4 Å². The number of urea groups is 1. The number of benzene rings is 1. The molecule has 2 N–H and O–H groups in total. The molecule has 3 rings (SSSR count). The second-order valence-electron chi connectivity index (χ2n) is 6.43. The number of sulfonamides is 1. The van der Waals surface area contributed by atoms with Gasteiger partial charge in [0.1, 0.15) is 4.21 Å². The van der Waals surface area contributed by atoms with Gasteiger partial charge in [-0.25, -0.2) is 17.9 Å². The van der Waals surface area contributed by atoms with Gasteiger partial charge in [0.25, 0.3) is 0 Å². The van der Waals surface area contributed by atoms with Gasteiger partial charge >= 0.3 is 6.03 Å². The van der Waals surface area contributed by atoms with Crippen LogP contribution in [0.25, 0.3) is 0 Å². The smallest absolute Gasteiger partial charge is 0.317 e. The van der Waals surface area contributed by atoms with Gasteiger partial charge in [-0.15, -0.1) is 11.3 Å². The molecule has 0 spiro atoms. The van der Waals surface area contributed by atoms with Crippen LogP contribution in [0.15, 0.2) is 46.0 Å². The molecule has 1 aromatic carbocycles. The topological polar surface area (TPSA) is 78.5 Å². The molecule has 1 aromatic heterocycles. The molecule has 1 saturated heterocycles. The van der Waals surface area contributed by atoms with Crippen LogP contribution in [-0.4, -0.2) is 45.0 Å². The van der Waals surface area contributed by atoms with E-state index in [4.69, 9.17) is 11.6 Å². The van der Waals surface area contributed by atoms with Crippen molar-refractivity contribution in [2.45, 2.75) is 29.5 Å². The number of carbonyl (C=O) groups is 1. The summed E-state index contributed by atoms with van der Waals surface area (Å²) in [6.07, 6.45) is 1.92. The Hall–Kier alpha value is -1.61. The second kappa shape index (κ2) is 9.05. The number of rotatable bonds is 6. The summed E-state index contributed by atoms with van der Waals surface area (Å²) in [5.41, 5.74) is 1.07. The second-order valence-corrected chi connectivity index (χ2v) is 9.75. The number of piperidine rings is 1. The number of halogens is 1. The van der Waals surface area contributed by atoms with Crippen molar-refractivity contribution in [3.8, 4) is 0 Å². The van der Waals surface area contributed by atoms with Crippen LogP contribution in [0.1, 0.15) is 18.4 Å². The van der Waals surface area contributed by atoms with Crippen LogP contribution < -0.4 is 10.0 Å². The Morgan fingerprint density at radius 3 is 2.67 bits per heavy atom. The maximum absolute atomic E-state index is 12.3. The van der Waals surface area contributed by atoms with Crippen LogP contribution in [0.2, 0.25) is 5.02 Å². The van der Waals surface area contributed by atoms with E-state index in [1.54, 1.807) is 22.4 Å². The summed E-state index contributed by atoms with van der Waals surface area (Å²) in [6.45, 7) is 1.59. The number of hydrogen-bond donors (Lipinski definition) is 2. The van der Waals surface area contributed by atoms with E-state index < -0.39 is 10.0 Å². The maximum atomic E-state index is 12.3.